The molecule has 1 N–H and O–H groups in total. The molecule has 0 bridgehead atoms. The number of benzene rings is 2. The summed E-state index contributed by atoms with van der Waals surface area (Å²) in [7, 11) is -3.37. The molecule has 1 atom stereocenters. The molecule has 0 aliphatic rings. The summed E-state index contributed by atoms with van der Waals surface area (Å²) in [6, 6.07) is 8.04. The molecule has 0 fully saturated rings. The summed E-state index contributed by atoms with van der Waals surface area (Å²) in [5.74, 6) is 0.502. The monoisotopic (exact) mass is 428 g/mol. The second-order valence-corrected chi connectivity index (χ2v) is 8.00. The summed E-state index contributed by atoms with van der Waals surface area (Å²) in [4.78, 5) is 2.59. The van der Waals surface area contributed by atoms with Gasteiger partial charge in [-0.2, -0.15) is 13.2 Å². The third kappa shape index (κ3) is 4.00. The average molecular weight is 428 g/mol. The van der Waals surface area contributed by atoms with E-state index in [1.165, 1.54) is 38.3 Å². The topological polar surface area (TPSA) is 86.1 Å². The lowest BCUT2D eigenvalue weighted by atomic mass is 10.0. The lowest BCUT2D eigenvalue weighted by Crippen LogP contribution is -2.37. The number of aromatic amines is 1. The lowest BCUT2D eigenvalue weighted by Gasteiger charge is -2.16. The van der Waals surface area contributed by atoms with Crippen molar-refractivity contribution in [3.8, 4) is 0 Å². The largest absolute Gasteiger partial charge is 0.744 e. The zero-order chi connectivity index (χ0) is 21.6. The number of imidazole rings is 1. The van der Waals surface area contributed by atoms with E-state index in [9.17, 15) is 26.1 Å². The van der Waals surface area contributed by atoms with Crippen molar-refractivity contribution >= 4 is 21.2 Å². The first-order chi connectivity index (χ1) is 13.4. The highest BCUT2D eigenvalue weighted by Gasteiger charge is 2.38. The van der Waals surface area contributed by atoms with Crippen LogP contribution >= 0.6 is 0 Å². The molecule has 0 spiro atoms. The molecule has 1 heterocycles. The van der Waals surface area contributed by atoms with Gasteiger partial charge in [-0.1, -0.05) is 18.2 Å². The van der Waals surface area contributed by atoms with Gasteiger partial charge in [-0.15, -0.1) is 0 Å². The van der Waals surface area contributed by atoms with Crippen LogP contribution in [0.1, 0.15) is 35.5 Å². The van der Waals surface area contributed by atoms with Gasteiger partial charge in [-0.25, -0.2) is 18.0 Å². The van der Waals surface area contributed by atoms with Crippen molar-refractivity contribution < 1.29 is 35.4 Å². The summed E-state index contributed by atoms with van der Waals surface area (Å²) in [6.45, 7) is 3.17. The molecule has 0 saturated heterocycles. The van der Waals surface area contributed by atoms with E-state index < -0.39 is 28.0 Å². The maximum absolute atomic E-state index is 13.5. The molecular formula is C19H19F3N2O4S. The second kappa shape index (κ2) is 7.43. The fourth-order valence-electron chi connectivity index (χ4n) is 3.43. The minimum absolute atomic E-state index is 0.00432. The van der Waals surface area contributed by atoms with Gasteiger partial charge < -0.3 is 9.29 Å². The second-order valence-electron chi connectivity index (χ2n) is 6.66. The molecule has 2 aromatic carbocycles. The Bertz CT molecular complexity index is 1170. The van der Waals surface area contributed by atoms with E-state index in [0.717, 1.165) is 6.07 Å². The first-order valence-electron chi connectivity index (χ1n) is 8.64. The quantitative estimate of drug-likeness (QED) is 0.498. The van der Waals surface area contributed by atoms with E-state index in [1.807, 2.05) is 0 Å². The zero-order valence-corrected chi connectivity index (χ0v) is 16.7. The number of nitrogens with zero attached hydrogens (tertiary/aromatic N) is 1. The minimum Gasteiger partial charge on any atom is -0.744 e. The average Bonchev–Trinajstić information content (AvgIpc) is 2.94. The number of rotatable bonds is 5. The maximum atomic E-state index is 13.5. The fourth-order valence-corrected chi connectivity index (χ4v) is 4.13. The first-order valence-corrected chi connectivity index (χ1v) is 10.0. The van der Waals surface area contributed by atoms with E-state index in [2.05, 4.69) is 4.98 Å². The maximum Gasteiger partial charge on any atom is 0.416 e. The minimum atomic E-state index is -4.70. The standard InChI is InChI=1S/C19H19F3N2O4S/c1-11(28-3)17-14(19(20,21)22)8-9-15-18(17)23-12(2)24(15)10-13-6-4-5-7-16(13)29(25,26)27/h4-9,11H,10H2,1-3H3,(H,25,26,27). The molecule has 10 heteroatoms. The van der Waals surface area contributed by atoms with Crippen LogP contribution < -0.4 is 4.57 Å². The van der Waals surface area contributed by atoms with Crippen LogP contribution in [0.5, 0.6) is 0 Å². The normalized spacial score (nSPS) is 13.8. The van der Waals surface area contributed by atoms with Crippen LogP contribution in [0.2, 0.25) is 0 Å². The highest BCUT2D eigenvalue weighted by molar-refractivity contribution is 7.85. The van der Waals surface area contributed by atoms with E-state index in [4.69, 9.17) is 4.74 Å². The van der Waals surface area contributed by atoms with Crippen molar-refractivity contribution in [2.45, 2.75) is 37.6 Å². The summed E-state index contributed by atoms with van der Waals surface area (Å²) >= 11 is 0. The van der Waals surface area contributed by atoms with Crippen molar-refractivity contribution in [1.29, 1.82) is 0 Å². The van der Waals surface area contributed by atoms with Gasteiger partial charge in [0.15, 0.2) is 11.0 Å². The molecule has 1 unspecified atom stereocenters. The summed E-state index contributed by atoms with van der Waals surface area (Å²) in [6.07, 6.45) is -5.40. The zero-order valence-electron chi connectivity index (χ0n) is 15.9. The van der Waals surface area contributed by atoms with Gasteiger partial charge >= 0.3 is 6.18 Å². The van der Waals surface area contributed by atoms with Crippen LogP contribution in [0, 0.1) is 6.92 Å². The number of alkyl halides is 3. The van der Waals surface area contributed by atoms with Gasteiger partial charge in [0.1, 0.15) is 16.7 Å². The lowest BCUT2D eigenvalue weighted by molar-refractivity contribution is -0.668. The number of hydrogen-bond donors (Lipinski definition) is 1. The van der Waals surface area contributed by atoms with Crippen LogP contribution in [0.4, 0.5) is 13.2 Å². The predicted octanol–water partition coefficient (Wildman–Crippen LogP) is 3.44. The molecule has 0 aliphatic heterocycles. The molecular weight excluding hydrogens is 409 g/mol. The predicted molar refractivity (Wildman–Crippen MR) is 97.2 cm³/mol. The van der Waals surface area contributed by atoms with Crippen LogP contribution in [0.15, 0.2) is 41.3 Å². The highest BCUT2D eigenvalue weighted by atomic mass is 32.2. The van der Waals surface area contributed by atoms with E-state index in [-0.39, 0.29) is 28.1 Å². The van der Waals surface area contributed by atoms with Crippen molar-refractivity contribution in [2.24, 2.45) is 0 Å². The SMILES string of the molecule is COC(C)c1c(C(F)(F)F)ccc2c1[nH]c(C)[n+]2Cc1ccccc1S(=O)(=O)[O-]. The van der Waals surface area contributed by atoms with Gasteiger partial charge in [-0.3, -0.25) is 0 Å². The number of methoxy groups -OCH3 is 1. The number of H-pyrrole nitrogens is 1. The Morgan fingerprint density at radius 2 is 1.86 bits per heavy atom. The Morgan fingerprint density at radius 3 is 2.45 bits per heavy atom. The van der Waals surface area contributed by atoms with Crippen LogP contribution in [0.25, 0.3) is 11.0 Å². The van der Waals surface area contributed by atoms with Crippen molar-refractivity contribution in [2.75, 3.05) is 7.11 Å². The van der Waals surface area contributed by atoms with Crippen molar-refractivity contribution in [1.82, 2.24) is 4.98 Å². The number of halogens is 3. The first kappa shape index (κ1) is 21.3. The van der Waals surface area contributed by atoms with E-state index in [1.54, 1.807) is 17.6 Å². The smallest absolute Gasteiger partial charge is 0.416 e. The molecule has 0 amide bonds. The van der Waals surface area contributed by atoms with Crippen LogP contribution in [-0.4, -0.2) is 25.1 Å². The van der Waals surface area contributed by atoms with Gasteiger partial charge in [0.05, 0.1) is 16.6 Å². The van der Waals surface area contributed by atoms with E-state index in [0.29, 0.717) is 11.3 Å². The van der Waals surface area contributed by atoms with Crippen molar-refractivity contribution in [3.63, 3.8) is 0 Å². The molecule has 3 aromatic rings. The fraction of sp³-hybridized carbons (Fsp3) is 0.316. The molecule has 29 heavy (non-hydrogen) atoms. The Kier molecular flexibility index (Phi) is 5.46. The number of ether oxygens (including phenoxy) is 1. The molecule has 0 saturated carbocycles. The third-order valence-corrected chi connectivity index (χ3v) is 5.80. The van der Waals surface area contributed by atoms with Gasteiger partial charge in [0.25, 0.3) is 5.82 Å². The molecule has 0 aliphatic carbocycles. The number of fused-ring (bicyclic) bond motifs is 1. The van der Waals surface area contributed by atoms with Gasteiger partial charge in [0.2, 0.25) is 0 Å². The highest BCUT2D eigenvalue weighted by Crippen LogP contribution is 2.38. The number of hydrogen-bond acceptors (Lipinski definition) is 4. The number of aryl methyl sites for hydroxylation is 1. The number of nitrogens with one attached hydrogen (secondary N) is 1. The number of aromatic nitrogens is 2. The Hall–Kier alpha value is -2.43. The van der Waals surface area contributed by atoms with Gasteiger partial charge in [-0.05, 0) is 25.1 Å². The molecule has 156 valence electrons. The Balaban J connectivity index is 2.24. The van der Waals surface area contributed by atoms with Crippen LogP contribution in [-0.2, 0) is 27.6 Å². The molecule has 3 rings (SSSR count). The summed E-state index contributed by atoms with van der Waals surface area (Å²) < 4.78 is 82.1. The molecule has 0 radical (unpaired) electrons. The van der Waals surface area contributed by atoms with Crippen LogP contribution in [0.3, 0.4) is 0 Å². The van der Waals surface area contributed by atoms with E-state index >= 15 is 0 Å². The third-order valence-electron chi connectivity index (χ3n) is 4.86. The molecule has 6 nitrogen and oxygen atoms in total. The van der Waals surface area contributed by atoms with Crippen molar-refractivity contribution in [3.05, 3.63) is 58.9 Å². The summed E-state index contributed by atoms with van der Waals surface area (Å²) in [5.41, 5.74) is 0.0822. The Morgan fingerprint density at radius 1 is 1.21 bits per heavy atom. The summed E-state index contributed by atoms with van der Waals surface area (Å²) in [5, 5.41) is 0. The Labute approximate surface area is 165 Å². The van der Waals surface area contributed by atoms with Gasteiger partial charge in [0, 0.05) is 25.2 Å². The molecule has 1 aromatic heterocycles.